The van der Waals surface area contributed by atoms with Crippen molar-refractivity contribution >= 4 is 29.7 Å². The minimum absolute atomic E-state index is 0.0281. The van der Waals surface area contributed by atoms with Gasteiger partial charge in [0.2, 0.25) is 5.91 Å². The lowest BCUT2D eigenvalue weighted by atomic mass is 10.1. The first kappa shape index (κ1) is 22.6. The summed E-state index contributed by atoms with van der Waals surface area (Å²) in [6.45, 7) is 6.75. The average Bonchev–Trinajstić information content (AvgIpc) is 3.11. The third kappa shape index (κ3) is 7.07. The van der Waals surface area contributed by atoms with Gasteiger partial charge in [-0.15, -0.1) is 0 Å². The molecule has 0 bridgehead atoms. The van der Waals surface area contributed by atoms with Gasteiger partial charge in [0.1, 0.15) is 6.54 Å². The van der Waals surface area contributed by atoms with E-state index in [1.54, 1.807) is 23.9 Å². The number of ether oxygens (including phenoxy) is 1. The van der Waals surface area contributed by atoms with Crippen LogP contribution in [0.5, 0.6) is 0 Å². The molecule has 2 aliphatic rings. The number of likely N-dealkylation sites (tertiary alicyclic amines) is 1. The Morgan fingerprint density at radius 3 is 2.61 bits per heavy atom. The lowest BCUT2D eigenvalue weighted by Crippen LogP contribution is -2.51. The fourth-order valence-electron chi connectivity index (χ4n) is 3.30. The molecule has 160 valence electrons. The molecule has 28 heavy (non-hydrogen) atoms. The van der Waals surface area contributed by atoms with Crippen LogP contribution in [0.2, 0.25) is 0 Å². The summed E-state index contributed by atoms with van der Waals surface area (Å²) >= 11 is 1.99. The molecule has 2 aliphatic heterocycles. The lowest BCUT2D eigenvalue weighted by molar-refractivity contribution is -0.127. The Bertz CT molecular complexity index is 556. The topological polar surface area (TPSA) is 86.3 Å². The van der Waals surface area contributed by atoms with Crippen LogP contribution in [0.1, 0.15) is 39.5 Å². The molecule has 2 amide bonds. The van der Waals surface area contributed by atoms with Crippen LogP contribution < -0.4 is 10.6 Å². The van der Waals surface area contributed by atoms with Gasteiger partial charge in [0.05, 0.1) is 6.61 Å². The molecule has 1 atom stereocenters. The van der Waals surface area contributed by atoms with Crippen molar-refractivity contribution in [3.63, 3.8) is 0 Å². The Hall–Kier alpha value is -1.64. The van der Waals surface area contributed by atoms with Crippen molar-refractivity contribution in [2.45, 2.75) is 50.3 Å². The average molecular weight is 414 g/mol. The van der Waals surface area contributed by atoms with Crippen molar-refractivity contribution in [1.82, 2.24) is 20.4 Å². The van der Waals surface area contributed by atoms with Crippen molar-refractivity contribution < 1.29 is 14.3 Å². The van der Waals surface area contributed by atoms with Crippen LogP contribution in [0, 0.1) is 0 Å². The molecule has 2 rings (SSSR count). The summed E-state index contributed by atoms with van der Waals surface area (Å²) in [5.74, 6) is 1.85. The zero-order chi connectivity index (χ0) is 20.6. The number of hydrogen-bond acceptors (Lipinski definition) is 5. The van der Waals surface area contributed by atoms with Crippen LogP contribution in [0.3, 0.4) is 0 Å². The molecule has 9 heteroatoms. The van der Waals surface area contributed by atoms with Crippen molar-refractivity contribution in [3.8, 4) is 0 Å². The molecule has 2 saturated heterocycles. The Kier molecular flexibility index (Phi) is 8.72. The zero-order valence-corrected chi connectivity index (χ0v) is 18.4. The third-order valence-electron chi connectivity index (χ3n) is 5.16. The normalized spacial score (nSPS) is 23.4. The highest BCUT2D eigenvalue weighted by atomic mass is 32.2. The Morgan fingerprint density at radius 1 is 1.32 bits per heavy atom. The summed E-state index contributed by atoms with van der Waals surface area (Å²) in [6.07, 6.45) is 3.84. The number of hydrogen-bond donors (Lipinski definition) is 2. The number of nitrogens with one attached hydrogen (secondary N) is 2. The highest BCUT2D eigenvalue weighted by Gasteiger charge is 2.30. The second-order valence-electron chi connectivity index (χ2n) is 7.81. The third-order valence-corrected chi connectivity index (χ3v) is 6.70. The van der Waals surface area contributed by atoms with E-state index in [2.05, 4.69) is 22.5 Å². The standard InChI is InChI=1S/C19H35N5O3S/c1-5-27-18(26)24-10-7-15(8-11-24)22-17(20-13-16(25)23(3)4)21-14-19(2)9-6-12-28-19/h15H,5-14H2,1-4H3,(H2,20,21,22). The lowest BCUT2D eigenvalue weighted by Gasteiger charge is -2.33. The molecule has 0 radical (unpaired) electrons. The summed E-state index contributed by atoms with van der Waals surface area (Å²) in [5.41, 5.74) is 0. The first-order valence-corrected chi connectivity index (χ1v) is 11.1. The Morgan fingerprint density at radius 2 is 2.04 bits per heavy atom. The Labute approximate surface area is 172 Å². The van der Waals surface area contributed by atoms with Gasteiger partial charge in [-0.25, -0.2) is 9.79 Å². The first-order chi connectivity index (χ1) is 13.3. The van der Waals surface area contributed by atoms with Gasteiger partial charge in [-0.05, 0) is 45.3 Å². The molecule has 0 aromatic heterocycles. The van der Waals surface area contributed by atoms with Crippen LogP contribution in [0.25, 0.3) is 0 Å². The number of amides is 2. The summed E-state index contributed by atoms with van der Waals surface area (Å²) in [5, 5.41) is 6.90. The fraction of sp³-hybridized carbons (Fsp3) is 0.842. The second-order valence-corrected chi connectivity index (χ2v) is 9.50. The molecule has 8 nitrogen and oxygen atoms in total. The molecule has 2 N–H and O–H groups in total. The number of carbonyl (C=O) groups is 2. The molecule has 2 fully saturated rings. The number of carbonyl (C=O) groups excluding carboxylic acids is 2. The van der Waals surface area contributed by atoms with Gasteiger partial charge in [-0.3, -0.25) is 4.79 Å². The van der Waals surface area contributed by atoms with Crippen molar-refractivity contribution in [2.75, 3.05) is 52.6 Å². The molecule has 0 aromatic rings. The molecule has 1 unspecified atom stereocenters. The van der Waals surface area contributed by atoms with E-state index < -0.39 is 0 Å². The number of likely N-dealkylation sites (N-methyl/N-ethyl adjacent to an activating group) is 1. The van der Waals surface area contributed by atoms with E-state index in [1.807, 2.05) is 18.7 Å². The molecule has 0 spiro atoms. The van der Waals surface area contributed by atoms with E-state index in [9.17, 15) is 9.59 Å². The number of thioether (sulfide) groups is 1. The predicted octanol–water partition coefficient (Wildman–Crippen LogP) is 1.52. The minimum atomic E-state index is -0.240. The van der Waals surface area contributed by atoms with Gasteiger partial charge in [0.15, 0.2) is 5.96 Å². The zero-order valence-electron chi connectivity index (χ0n) is 17.6. The van der Waals surface area contributed by atoms with Crippen LogP contribution in [0.15, 0.2) is 4.99 Å². The Balaban J connectivity index is 1.90. The van der Waals surface area contributed by atoms with E-state index in [1.165, 1.54) is 18.6 Å². The number of aliphatic imine (C=N–C) groups is 1. The molecular weight excluding hydrogens is 378 g/mol. The predicted molar refractivity (Wildman–Crippen MR) is 114 cm³/mol. The summed E-state index contributed by atoms with van der Waals surface area (Å²) in [4.78, 5) is 31.6. The fourth-order valence-corrected chi connectivity index (χ4v) is 4.55. The van der Waals surface area contributed by atoms with Gasteiger partial charge in [0, 0.05) is 44.5 Å². The minimum Gasteiger partial charge on any atom is -0.450 e. The largest absolute Gasteiger partial charge is 0.450 e. The van der Waals surface area contributed by atoms with Crippen LogP contribution in [-0.4, -0.2) is 91.2 Å². The SMILES string of the molecule is CCOC(=O)N1CCC(NC(=NCC(=O)N(C)C)NCC2(C)CCCS2)CC1. The maximum Gasteiger partial charge on any atom is 0.409 e. The van der Waals surface area contributed by atoms with E-state index in [-0.39, 0.29) is 29.3 Å². The van der Waals surface area contributed by atoms with Crippen molar-refractivity contribution in [1.29, 1.82) is 0 Å². The highest BCUT2D eigenvalue weighted by Crippen LogP contribution is 2.36. The van der Waals surface area contributed by atoms with Gasteiger partial charge in [0.25, 0.3) is 0 Å². The molecule has 0 aromatic carbocycles. The van der Waals surface area contributed by atoms with Crippen LogP contribution >= 0.6 is 11.8 Å². The summed E-state index contributed by atoms with van der Waals surface area (Å²) in [6, 6.07) is 0.218. The molecule has 0 saturated carbocycles. The van der Waals surface area contributed by atoms with Crippen molar-refractivity contribution in [2.24, 2.45) is 4.99 Å². The number of rotatable bonds is 6. The van der Waals surface area contributed by atoms with Gasteiger partial charge >= 0.3 is 6.09 Å². The molecule has 2 heterocycles. The van der Waals surface area contributed by atoms with Crippen molar-refractivity contribution in [3.05, 3.63) is 0 Å². The number of piperidine rings is 1. The smallest absolute Gasteiger partial charge is 0.409 e. The van der Waals surface area contributed by atoms with Gasteiger partial charge in [-0.1, -0.05) is 0 Å². The van der Waals surface area contributed by atoms with Crippen LogP contribution in [0.4, 0.5) is 4.79 Å². The molecule has 0 aliphatic carbocycles. The highest BCUT2D eigenvalue weighted by molar-refractivity contribution is 8.00. The first-order valence-electron chi connectivity index (χ1n) is 10.1. The summed E-state index contributed by atoms with van der Waals surface area (Å²) < 4.78 is 5.29. The maximum absolute atomic E-state index is 11.9. The maximum atomic E-state index is 11.9. The quantitative estimate of drug-likeness (QED) is 0.507. The summed E-state index contributed by atoms with van der Waals surface area (Å²) in [7, 11) is 3.47. The van der Waals surface area contributed by atoms with Gasteiger partial charge in [-0.2, -0.15) is 11.8 Å². The van der Waals surface area contributed by atoms with E-state index in [0.29, 0.717) is 25.7 Å². The van der Waals surface area contributed by atoms with E-state index >= 15 is 0 Å². The monoisotopic (exact) mass is 413 g/mol. The number of nitrogens with zero attached hydrogens (tertiary/aromatic N) is 3. The molecular formula is C19H35N5O3S. The van der Waals surface area contributed by atoms with Gasteiger partial charge < -0.3 is 25.2 Å². The van der Waals surface area contributed by atoms with Crippen LogP contribution in [-0.2, 0) is 9.53 Å². The van der Waals surface area contributed by atoms with E-state index in [4.69, 9.17) is 4.74 Å². The second kappa shape index (κ2) is 10.8. The number of guanidine groups is 1. The van der Waals surface area contributed by atoms with E-state index in [0.717, 1.165) is 19.4 Å².